The van der Waals surface area contributed by atoms with Crippen molar-refractivity contribution in [2.45, 2.75) is 47.0 Å². The molecular weight excluding hydrogens is 224 g/mol. The van der Waals surface area contributed by atoms with Crippen LogP contribution >= 0.6 is 0 Å². The molecule has 0 N–H and O–H groups in total. The predicted octanol–water partition coefficient (Wildman–Crippen LogP) is 4.12. The van der Waals surface area contributed by atoms with Crippen LogP contribution in [0.3, 0.4) is 0 Å². The molecule has 2 atom stereocenters. The van der Waals surface area contributed by atoms with Gasteiger partial charge in [-0.3, -0.25) is 0 Å². The Bertz CT molecular complexity index is 352. The van der Waals surface area contributed by atoms with E-state index in [1.165, 1.54) is 18.4 Å². The molecule has 0 aromatic carbocycles. The number of rotatable bonds is 4. The van der Waals surface area contributed by atoms with Crippen molar-refractivity contribution in [2.24, 2.45) is 17.3 Å². The highest BCUT2D eigenvalue weighted by atomic mass is 16.5. The SMILES string of the molecule is C=C(C)C(=O)OCC(C)C1C(=C)CCCC1(C)C. The normalized spacial score (nSPS) is 24.4. The monoisotopic (exact) mass is 250 g/mol. The van der Waals surface area contributed by atoms with Gasteiger partial charge in [0.25, 0.3) is 0 Å². The minimum absolute atomic E-state index is 0.254. The molecule has 0 heterocycles. The molecule has 0 bridgehead atoms. The van der Waals surface area contributed by atoms with E-state index >= 15 is 0 Å². The van der Waals surface area contributed by atoms with Gasteiger partial charge in [-0.15, -0.1) is 0 Å². The first kappa shape index (κ1) is 15.0. The molecule has 2 nitrogen and oxygen atoms in total. The van der Waals surface area contributed by atoms with E-state index < -0.39 is 0 Å². The summed E-state index contributed by atoms with van der Waals surface area (Å²) in [5.41, 5.74) is 2.03. The number of hydrogen-bond acceptors (Lipinski definition) is 2. The third-order valence-electron chi connectivity index (χ3n) is 4.00. The second-order valence-electron chi connectivity index (χ2n) is 6.33. The first-order chi connectivity index (χ1) is 8.25. The van der Waals surface area contributed by atoms with Crippen LogP contribution in [0.5, 0.6) is 0 Å². The van der Waals surface area contributed by atoms with Gasteiger partial charge in [-0.05, 0) is 43.4 Å². The van der Waals surface area contributed by atoms with Crippen LogP contribution in [0.1, 0.15) is 47.0 Å². The maximum Gasteiger partial charge on any atom is 0.333 e. The summed E-state index contributed by atoms with van der Waals surface area (Å²) in [5.74, 6) is 0.460. The largest absolute Gasteiger partial charge is 0.462 e. The van der Waals surface area contributed by atoms with Gasteiger partial charge in [0.15, 0.2) is 0 Å². The summed E-state index contributed by atoms with van der Waals surface area (Å²) >= 11 is 0. The third kappa shape index (κ3) is 3.47. The molecular formula is C16H26O2. The van der Waals surface area contributed by atoms with E-state index in [9.17, 15) is 4.79 Å². The molecule has 0 spiro atoms. The van der Waals surface area contributed by atoms with Crippen molar-refractivity contribution in [3.63, 3.8) is 0 Å². The van der Waals surface area contributed by atoms with Crippen LogP contribution in [0.2, 0.25) is 0 Å². The van der Waals surface area contributed by atoms with Crippen LogP contribution < -0.4 is 0 Å². The lowest BCUT2D eigenvalue weighted by atomic mass is 9.62. The number of carbonyl (C=O) groups excluding carboxylic acids is 1. The Morgan fingerprint density at radius 1 is 1.56 bits per heavy atom. The lowest BCUT2D eigenvalue weighted by Gasteiger charge is -2.43. The molecule has 0 aliphatic heterocycles. The van der Waals surface area contributed by atoms with Gasteiger partial charge in [0, 0.05) is 5.57 Å². The Hall–Kier alpha value is -1.05. The fourth-order valence-corrected chi connectivity index (χ4v) is 3.23. The van der Waals surface area contributed by atoms with Crippen molar-refractivity contribution in [1.82, 2.24) is 0 Å². The zero-order chi connectivity index (χ0) is 13.9. The van der Waals surface area contributed by atoms with Gasteiger partial charge in [-0.2, -0.15) is 0 Å². The van der Waals surface area contributed by atoms with Gasteiger partial charge < -0.3 is 4.74 Å². The highest BCUT2D eigenvalue weighted by molar-refractivity contribution is 5.86. The van der Waals surface area contributed by atoms with Crippen molar-refractivity contribution < 1.29 is 9.53 Å². The van der Waals surface area contributed by atoms with E-state index in [0.717, 1.165) is 6.42 Å². The minimum atomic E-state index is -0.291. The number of carbonyl (C=O) groups is 1. The standard InChI is InChI=1S/C16H26O2/c1-11(2)15(17)18-10-13(4)14-12(3)8-7-9-16(14,5)6/h13-14H,1,3,7-10H2,2,4-6H3. The first-order valence-electron chi connectivity index (χ1n) is 6.76. The minimum Gasteiger partial charge on any atom is -0.462 e. The van der Waals surface area contributed by atoms with Crippen molar-refractivity contribution in [2.75, 3.05) is 6.61 Å². The average molecular weight is 250 g/mol. The second kappa shape index (κ2) is 5.73. The van der Waals surface area contributed by atoms with E-state index in [-0.39, 0.29) is 11.4 Å². The summed E-state index contributed by atoms with van der Waals surface area (Å²) in [5, 5.41) is 0. The number of allylic oxidation sites excluding steroid dienone is 1. The van der Waals surface area contributed by atoms with Gasteiger partial charge in [0.05, 0.1) is 6.61 Å². The molecule has 2 unspecified atom stereocenters. The molecule has 0 radical (unpaired) electrons. The van der Waals surface area contributed by atoms with Crippen molar-refractivity contribution in [3.8, 4) is 0 Å². The van der Waals surface area contributed by atoms with E-state index in [1.54, 1.807) is 6.92 Å². The third-order valence-corrected chi connectivity index (χ3v) is 4.00. The fourth-order valence-electron chi connectivity index (χ4n) is 3.23. The van der Waals surface area contributed by atoms with E-state index in [1.807, 2.05) is 0 Å². The summed E-state index contributed by atoms with van der Waals surface area (Å²) in [6, 6.07) is 0. The molecule has 0 aromatic rings. The van der Waals surface area contributed by atoms with Gasteiger partial charge >= 0.3 is 5.97 Å². The second-order valence-corrected chi connectivity index (χ2v) is 6.33. The maximum atomic E-state index is 11.4. The summed E-state index contributed by atoms with van der Waals surface area (Å²) < 4.78 is 5.28. The number of esters is 1. The topological polar surface area (TPSA) is 26.3 Å². The van der Waals surface area contributed by atoms with Crippen molar-refractivity contribution >= 4 is 5.97 Å². The zero-order valence-corrected chi connectivity index (χ0v) is 12.2. The number of hydrogen-bond donors (Lipinski definition) is 0. The zero-order valence-electron chi connectivity index (χ0n) is 12.2. The average Bonchev–Trinajstić information content (AvgIpc) is 2.24. The summed E-state index contributed by atoms with van der Waals surface area (Å²) in [4.78, 5) is 11.4. The molecule has 1 aliphatic carbocycles. The Morgan fingerprint density at radius 3 is 2.67 bits per heavy atom. The van der Waals surface area contributed by atoms with Crippen LogP contribution in [-0.2, 0) is 9.53 Å². The Kier molecular flexibility index (Phi) is 4.78. The summed E-state index contributed by atoms with van der Waals surface area (Å²) in [6.07, 6.45) is 3.54. The molecule has 1 aliphatic rings. The van der Waals surface area contributed by atoms with Gasteiger partial charge in [-0.25, -0.2) is 4.79 Å². The predicted molar refractivity (Wildman–Crippen MR) is 75.2 cm³/mol. The molecule has 18 heavy (non-hydrogen) atoms. The van der Waals surface area contributed by atoms with Crippen molar-refractivity contribution in [3.05, 3.63) is 24.3 Å². The molecule has 0 saturated heterocycles. The van der Waals surface area contributed by atoms with Gasteiger partial charge in [0.2, 0.25) is 0 Å². The molecule has 1 saturated carbocycles. The molecule has 1 rings (SSSR count). The summed E-state index contributed by atoms with van der Waals surface area (Å²) in [6.45, 7) is 16.7. The smallest absolute Gasteiger partial charge is 0.333 e. The van der Waals surface area contributed by atoms with E-state index in [4.69, 9.17) is 4.74 Å². The molecule has 2 heteroatoms. The first-order valence-corrected chi connectivity index (χ1v) is 6.76. The summed E-state index contributed by atoms with van der Waals surface area (Å²) in [7, 11) is 0. The maximum absolute atomic E-state index is 11.4. The van der Waals surface area contributed by atoms with Crippen molar-refractivity contribution in [1.29, 1.82) is 0 Å². The number of ether oxygens (including phenoxy) is 1. The molecule has 102 valence electrons. The van der Waals surface area contributed by atoms with Crippen LogP contribution in [0.25, 0.3) is 0 Å². The quantitative estimate of drug-likeness (QED) is 0.426. The highest BCUT2D eigenvalue weighted by Gasteiger charge is 2.38. The molecule has 0 amide bonds. The fraction of sp³-hybridized carbons (Fsp3) is 0.688. The van der Waals surface area contributed by atoms with Crippen LogP contribution in [0, 0.1) is 17.3 Å². The molecule has 0 aromatic heterocycles. The van der Waals surface area contributed by atoms with E-state index in [0.29, 0.717) is 24.0 Å². The highest BCUT2D eigenvalue weighted by Crippen LogP contribution is 2.46. The Labute approximate surface area is 111 Å². The van der Waals surface area contributed by atoms with Crippen LogP contribution in [0.4, 0.5) is 0 Å². The Morgan fingerprint density at radius 2 is 2.17 bits per heavy atom. The Balaban J connectivity index is 2.64. The van der Waals surface area contributed by atoms with Crippen LogP contribution in [-0.4, -0.2) is 12.6 Å². The van der Waals surface area contributed by atoms with E-state index in [2.05, 4.69) is 33.9 Å². The lowest BCUT2D eigenvalue weighted by molar-refractivity contribution is -0.141. The lowest BCUT2D eigenvalue weighted by Crippen LogP contribution is -2.36. The van der Waals surface area contributed by atoms with Gasteiger partial charge in [0.1, 0.15) is 0 Å². The van der Waals surface area contributed by atoms with Crippen LogP contribution in [0.15, 0.2) is 24.3 Å². The molecule has 1 fully saturated rings. The van der Waals surface area contributed by atoms with Gasteiger partial charge in [-0.1, -0.05) is 39.5 Å².